The first-order valence-electron chi connectivity index (χ1n) is 18.4. The van der Waals surface area contributed by atoms with Crippen LogP contribution in [-0.4, -0.2) is 0 Å². The highest BCUT2D eigenvalue weighted by molar-refractivity contribution is 7.22. The number of benzene rings is 6. The van der Waals surface area contributed by atoms with Gasteiger partial charge in [-0.3, -0.25) is 0 Å². The number of para-hydroxylation sites is 1. The van der Waals surface area contributed by atoms with E-state index < -0.39 is 0 Å². The number of thiophene rings is 1. The Bertz CT molecular complexity index is 2940. The van der Waals surface area contributed by atoms with Gasteiger partial charge in [0.15, 0.2) is 0 Å². The molecule has 2 heterocycles. The SMILES string of the molecule is C=Cc1ccccc1C(=C)C1=c2\cccc\c2=C(c2ccc(C(=C)c3cc4c(cc3-c3cc5ccccc5s3)oc3ccccc34)cc2)\C=C\CC\C=C\1. The van der Waals surface area contributed by atoms with E-state index in [2.05, 4.69) is 159 Å². The van der Waals surface area contributed by atoms with Crippen molar-refractivity contribution in [2.75, 3.05) is 0 Å². The molecule has 0 saturated heterocycles. The Morgan fingerprint density at radius 2 is 1.33 bits per heavy atom. The standard InChI is InChI=1S/C52H38OS/c1-4-36-17-9-11-19-40(36)35(3)41-20-7-5-6-8-21-42(44-23-13-12-22-43(41)44)38-29-27-37(28-30-38)34(2)46-32-47-45-24-14-15-25-49(45)53-50(47)33-48(46)52-31-39-18-10-16-26-51(39)54-52/h4,7-33H,1-3,5-6H2/b20-7+,21-8+,43-41+,44-42+. The smallest absolute Gasteiger partial charge is 0.136 e. The van der Waals surface area contributed by atoms with Gasteiger partial charge < -0.3 is 4.42 Å². The third-order valence-corrected chi connectivity index (χ3v) is 11.6. The molecule has 258 valence electrons. The molecule has 2 heteroatoms. The van der Waals surface area contributed by atoms with Crippen molar-refractivity contribution in [3.8, 4) is 10.4 Å². The summed E-state index contributed by atoms with van der Waals surface area (Å²) in [6.45, 7) is 13.4. The van der Waals surface area contributed by atoms with E-state index >= 15 is 0 Å². The van der Waals surface area contributed by atoms with Gasteiger partial charge in [0, 0.05) is 25.9 Å². The van der Waals surface area contributed by atoms with E-state index in [0.717, 1.165) is 90.1 Å². The zero-order chi connectivity index (χ0) is 36.6. The first-order valence-corrected chi connectivity index (χ1v) is 19.2. The first-order chi connectivity index (χ1) is 26.6. The zero-order valence-corrected chi connectivity index (χ0v) is 30.8. The largest absolute Gasteiger partial charge is 0.456 e. The molecule has 1 aliphatic rings. The molecule has 0 aliphatic heterocycles. The van der Waals surface area contributed by atoms with Gasteiger partial charge in [-0.25, -0.2) is 0 Å². The van der Waals surface area contributed by atoms with Crippen molar-refractivity contribution in [3.05, 3.63) is 222 Å². The monoisotopic (exact) mass is 710 g/mol. The number of hydrogen-bond donors (Lipinski definition) is 0. The number of hydrogen-bond acceptors (Lipinski definition) is 2. The molecular weight excluding hydrogens is 673 g/mol. The highest BCUT2D eigenvalue weighted by Crippen LogP contribution is 2.42. The summed E-state index contributed by atoms with van der Waals surface area (Å²) in [6, 6.07) is 49.6. The van der Waals surface area contributed by atoms with Crippen LogP contribution in [0.25, 0.3) is 70.8 Å². The molecule has 1 nitrogen and oxygen atoms in total. The highest BCUT2D eigenvalue weighted by atomic mass is 32.1. The van der Waals surface area contributed by atoms with E-state index in [4.69, 9.17) is 11.0 Å². The average molecular weight is 711 g/mol. The van der Waals surface area contributed by atoms with E-state index in [-0.39, 0.29) is 0 Å². The average Bonchev–Trinajstić information content (AvgIpc) is 3.83. The van der Waals surface area contributed by atoms with E-state index in [9.17, 15) is 0 Å². The summed E-state index contributed by atoms with van der Waals surface area (Å²) >= 11 is 1.81. The summed E-state index contributed by atoms with van der Waals surface area (Å²) in [7, 11) is 0. The predicted molar refractivity (Wildman–Crippen MR) is 234 cm³/mol. The molecule has 0 fully saturated rings. The topological polar surface area (TPSA) is 13.1 Å². The maximum absolute atomic E-state index is 6.39. The van der Waals surface area contributed by atoms with Crippen molar-refractivity contribution in [3.63, 3.8) is 0 Å². The van der Waals surface area contributed by atoms with Gasteiger partial charge in [0.25, 0.3) is 0 Å². The van der Waals surface area contributed by atoms with Crippen LogP contribution < -0.4 is 10.4 Å². The summed E-state index contributed by atoms with van der Waals surface area (Å²) in [6.07, 6.45) is 12.9. The zero-order valence-electron chi connectivity index (χ0n) is 30.0. The molecule has 0 bridgehead atoms. The second-order valence-electron chi connectivity index (χ2n) is 13.7. The number of fused-ring (bicyclic) bond motifs is 5. The van der Waals surface area contributed by atoms with Gasteiger partial charge in [-0.05, 0) is 109 Å². The molecular formula is C52H38OS. The van der Waals surface area contributed by atoms with Crippen LogP contribution in [0.15, 0.2) is 188 Å². The first kappa shape index (κ1) is 33.4. The number of allylic oxidation sites excluding steroid dienone is 5. The molecule has 0 unspecified atom stereocenters. The Morgan fingerprint density at radius 1 is 0.611 bits per heavy atom. The molecule has 0 amide bonds. The molecule has 6 aromatic carbocycles. The predicted octanol–water partition coefficient (Wildman–Crippen LogP) is 13.1. The van der Waals surface area contributed by atoms with Crippen LogP contribution in [0.3, 0.4) is 0 Å². The van der Waals surface area contributed by atoms with Crippen LogP contribution in [-0.2, 0) is 0 Å². The fourth-order valence-electron chi connectivity index (χ4n) is 7.68. The summed E-state index contributed by atoms with van der Waals surface area (Å²) in [4.78, 5) is 1.20. The maximum atomic E-state index is 6.39. The molecule has 0 spiro atoms. The molecule has 1 aliphatic carbocycles. The summed E-state index contributed by atoms with van der Waals surface area (Å²) in [5, 5.41) is 5.77. The van der Waals surface area contributed by atoms with Crippen LogP contribution in [0.2, 0.25) is 0 Å². The third-order valence-electron chi connectivity index (χ3n) is 10.5. The van der Waals surface area contributed by atoms with E-state index in [1.807, 2.05) is 24.3 Å². The normalized spacial score (nSPS) is 16.2. The van der Waals surface area contributed by atoms with Gasteiger partial charge >= 0.3 is 0 Å². The summed E-state index contributed by atoms with van der Waals surface area (Å²) < 4.78 is 7.65. The second kappa shape index (κ2) is 14.2. The Balaban J connectivity index is 1.19. The van der Waals surface area contributed by atoms with Crippen molar-refractivity contribution < 1.29 is 4.42 Å². The second-order valence-corrected chi connectivity index (χ2v) is 14.8. The van der Waals surface area contributed by atoms with Crippen LogP contribution in [0.4, 0.5) is 0 Å². The van der Waals surface area contributed by atoms with Crippen LogP contribution >= 0.6 is 11.3 Å². The Labute approximate surface area is 319 Å². The molecule has 2 aromatic heterocycles. The molecule has 8 aromatic rings. The van der Waals surface area contributed by atoms with Crippen molar-refractivity contribution >= 4 is 71.7 Å². The minimum Gasteiger partial charge on any atom is -0.456 e. The van der Waals surface area contributed by atoms with Crippen molar-refractivity contribution in [2.24, 2.45) is 0 Å². The van der Waals surface area contributed by atoms with Gasteiger partial charge in [0.2, 0.25) is 0 Å². The fourth-order valence-corrected chi connectivity index (χ4v) is 8.78. The van der Waals surface area contributed by atoms with Crippen LogP contribution in [0.1, 0.15) is 40.7 Å². The number of furan rings is 1. The van der Waals surface area contributed by atoms with Gasteiger partial charge in [0.05, 0.1) is 0 Å². The molecule has 9 rings (SSSR count). The lowest BCUT2D eigenvalue weighted by molar-refractivity contribution is 0.669. The van der Waals surface area contributed by atoms with Crippen LogP contribution in [0, 0.1) is 0 Å². The molecule has 54 heavy (non-hydrogen) atoms. The minimum atomic E-state index is 0.884. The molecule has 0 radical (unpaired) electrons. The molecule has 0 saturated carbocycles. The lowest BCUT2D eigenvalue weighted by Crippen LogP contribution is -2.29. The lowest BCUT2D eigenvalue weighted by Gasteiger charge is -2.14. The van der Waals surface area contributed by atoms with Crippen molar-refractivity contribution in [1.82, 2.24) is 0 Å². The maximum Gasteiger partial charge on any atom is 0.136 e. The molecule has 0 atom stereocenters. The molecule has 0 N–H and O–H groups in total. The van der Waals surface area contributed by atoms with Gasteiger partial charge in [-0.1, -0.05) is 159 Å². The number of rotatable bonds is 7. The Kier molecular flexibility index (Phi) is 8.75. The van der Waals surface area contributed by atoms with Gasteiger partial charge in [-0.15, -0.1) is 11.3 Å². The van der Waals surface area contributed by atoms with E-state index in [1.54, 1.807) is 11.3 Å². The van der Waals surface area contributed by atoms with E-state index in [0.29, 0.717) is 0 Å². The van der Waals surface area contributed by atoms with Crippen molar-refractivity contribution in [2.45, 2.75) is 12.8 Å². The van der Waals surface area contributed by atoms with Crippen LogP contribution in [0.5, 0.6) is 0 Å². The lowest BCUT2D eigenvalue weighted by atomic mass is 9.90. The Hall–Kier alpha value is -6.48. The highest BCUT2D eigenvalue weighted by Gasteiger charge is 2.18. The minimum absolute atomic E-state index is 0.884. The summed E-state index contributed by atoms with van der Waals surface area (Å²) in [5.74, 6) is 0. The van der Waals surface area contributed by atoms with Gasteiger partial charge in [-0.2, -0.15) is 0 Å². The third kappa shape index (κ3) is 6.01. The summed E-state index contributed by atoms with van der Waals surface area (Å²) in [5.41, 5.74) is 12.7. The fraction of sp³-hybridized carbons (Fsp3) is 0.0385. The van der Waals surface area contributed by atoms with E-state index in [1.165, 1.54) is 25.8 Å². The Morgan fingerprint density at radius 3 is 2.17 bits per heavy atom. The van der Waals surface area contributed by atoms with Crippen molar-refractivity contribution in [1.29, 1.82) is 0 Å². The quantitative estimate of drug-likeness (QED) is 0.160. The van der Waals surface area contributed by atoms with Gasteiger partial charge in [0.1, 0.15) is 11.2 Å².